The van der Waals surface area contributed by atoms with Crippen LogP contribution in [0.4, 0.5) is 0 Å². The Balaban J connectivity index is 1.17. The van der Waals surface area contributed by atoms with Crippen molar-refractivity contribution < 1.29 is 0 Å². The quantitative estimate of drug-likeness (QED) is 0.192. The zero-order valence-corrected chi connectivity index (χ0v) is 29.3. The number of fused-ring (bicyclic) bond motifs is 7. The molecule has 1 N–H and O–H groups in total. The van der Waals surface area contributed by atoms with Crippen LogP contribution in [0.5, 0.6) is 0 Å². The summed E-state index contributed by atoms with van der Waals surface area (Å²) in [5, 5.41) is 10.8. The second kappa shape index (κ2) is 12.2. The van der Waals surface area contributed by atoms with Crippen molar-refractivity contribution in [2.75, 3.05) is 0 Å². The van der Waals surface area contributed by atoms with E-state index in [1.807, 2.05) is 24.3 Å². The van der Waals surface area contributed by atoms with Gasteiger partial charge in [-0.2, -0.15) is 0 Å². The summed E-state index contributed by atoms with van der Waals surface area (Å²) < 4.78 is 4.84. The SMILES string of the molecule is c1ccc(C2=NC(c3cccc4c(-n5c6ccccc6c6cc7c8ccccc8n(-c8ccccc8)c7cc65)cccc34)=NC(c3ccccc3)N2)cc1. The van der Waals surface area contributed by atoms with Crippen LogP contribution in [0.1, 0.15) is 22.9 Å². The van der Waals surface area contributed by atoms with E-state index in [4.69, 9.17) is 9.98 Å². The molecule has 0 fully saturated rings. The molecule has 0 saturated heterocycles. The van der Waals surface area contributed by atoms with Gasteiger partial charge in [-0.15, -0.1) is 0 Å². The summed E-state index contributed by atoms with van der Waals surface area (Å²) in [4.78, 5) is 10.4. The summed E-state index contributed by atoms with van der Waals surface area (Å²) in [5.74, 6) is 1.52. The van der Waals surface area contributed by atoms with Crippen LogP contribution in [0.25, 0.3) is 65.8 Å². The molecule has 11 rings (SSSR count). The minimum atomic E-state index is -0.275. The van der Waals surface area contributed by atoms with Crippen LogP contribution in [-0.4, -0.2) is 20.8 Å². The molecule has 0 aliphatic carbocycles. The molecule has 254 valence electrons. The normalized spacial score (nSPS) is 14.5. The van der Waals surface area contributed by atoms with Gasteiger partial charge in [0.05, 0.1) is 27.8 Å². The van der Waals surface area contributed by atoms with Crippen LogP contribution < -0.4 is 5.32 Å². The maximum atomic E-state index is 5.24. The van der Waals surface area contributed by atoms with Gasteiger partial charge in [-0.1, -0.05) is 146 Å². The molecule has 10 aromatic rings. The fourth-order valence-corrected chi connectivity index (χ4v) is 8.35. The number of nitrogens with zero attached hydrogens (tertiary/aromatic N) is 4. The first-order valence-electron chi connectivity index (χ1n) is 18.4. The lowest BCUT2D eigenvalue weighted by Gasteiger charge is -2.24. The Morgan fingerprint density at radius 2 is 1.00 bits per heavy atom. The minimum Gasteiger partial charge on any atom is -0.344 e. The first-order valence-corrected chi connectivity index (χ1v) is 18.4. The van der Waals surface area contributed by atoms with E-state index >= 15 is 0 Å². The largest absolute Gasteiger partial charge is 0.344 e. The van der Waals surface area contributed by atoms with Gasteiger partial charge in [-0.05, 0) is 53.4 Å². The summed E-state index contributed by atoms with van der Waals surface area (Å²) in [6.45, 7) is 0. The van der Waals surface area contributed by atoms with Gasteiger partial charge >= 0.3 is 0 Å². The Hall–Kier alpha value is -7.24. The predicted octanol–water partition coefficient (Wildman–Crippen LogP) is 11.5. The number of aromatic nitrogens is 2. The standard InChI is InChI=1S/C49H33N5/c1-4-16-32(17-5-1)47-50-48(33-18-6-2-7-19-33)52-49(51-47)39-26-14-25-36-35(39)24-15-29-44(36)54-43-28-13-11-23-38(43)41-30-40-37-22-10-12-27-42(37)53(45(40)31-46(41)54)34-20-8-3-9-21-34/h1-31,47H,(H,50,51,52). The topological polar surface area (TPSA) is 46.6 Å². The molecule has 5 heteroatoms. The summed E-state index contributed by atoms with van der Waals surface area (Å²) in [6.07, 6.45) is -0.275. The molecule has 0 spiro atoms. The molecule has 8 aromatic carbocycles. The van der Waals surface area contributed by atoms with E-state index in [1.165, 1.54) is 38.1 Å². The smallest absolute Gasteiger partial charge is 0.160 e. The molecule has 1 aliphatic heterocycles. The van der Waals surface area contributed by atoms with Crippen molar-refractivity contribution in [2.24, 2.45) is 9.98 Å². The Kier molecular flexibility index (Phi) is 6.85. The van der Waals surface area contributed by atoms with E-state index in [2.05, 4.69) is 178 Å². The van der Waals surface area contributed by atoms with Crippen LogP contribution in [-0.2, 0) is 0 Å². The van der Waals surface area contributed by atoms with Crippen LogP contribution in [0, 0.1) is 0 Å². The lowest BCUT2D eigenvalue weighted by Crippen LogP contribution is -2.33. The van der Waals surface area contributed by atoms with Crippen molar-refractivity contribution in [3.63, 3.8) is 0 Å². The highest BCUT2D eigenvalue weighted by molar-refractivity contribution is 6.21. The van der Waals surface area contributed by atoms with Crippen LogP contribution in [0.2, 0.25) is 0 Å². The Labute approximate surface area is 311 Å². The van der Waals surface area contributed by atoms with Gasteiger partial charge in [0.15, 0.2) is 5.84 Å². The molecule has 0 amide bonds. The van der Waals surface area contributed by atoms with E-state index in [9.17, 15) is 0 Å². The Morgan fingerprint density at radius 3 is 1.74 bits per heavy atom. The third kappa shape index (κ3) is 4.72. The third-order valence-corrected chi connectivity index (χ3v) is 10.8. The first kappa shape index (κ1) is 30.4. The summed E-state index contributed by atoms with van der Waals surface area (Å²) >= 11 is 0. The molecule has 54 heavy (non-hydrogen) atoms. The van der Waals surface area contributed by atoms with Crippen molar-refractivity contribution in [3.05, 3.63) is 205 Å². The van der Waals surface area contributed by atoms with E-state index in [-0.39, 0.29) is 6.17 Å². The molecule has 5 nitrogen and oxygen atoms in total. The van der Waals surface area contributed by atoms with Gasteiger partial charge in [0.25, 0.3) is 0 Å². The molecule has 0 saturated carbocycles. The third-order valence-electron chi connectivity index (χ3n) is 10.8. The number of hydrogen-bond donors (Lipinski definition) is 1. The fourth-order valence-electron chi connectivity index (χ4n) is 8.35. The second-order valence-corrected chi connectivity index (χ2v) is 13.8. The summed E-state index contributed by atoms with van der Waals surface area (Å²) in [5.41, 5.74) is 10.1. The number of amidine groups is 2. The van der Waals surface area contributed by atoms with E-state index in [0.29, 0.717) is 5.84 Å². The molecule has 1 atom stereocenters. The second-order valence-electron chi connectivity index (χ2n) is 13.8. The van der Waals surface area contributed by atoms with Crippen LogP contribution in [0.15, 0.2) is 198 Å². The maximum Gasteiger partial charge on any atom is 0.160 e. The first-order chi connectivity index (χ1) is 26.8. The van der Waals surface area contributed by atoms with Crippen LogP contribution in [0.3, 0.4) is 0 Å². The van der Waals surface area contributed by atoms with E-state index in [0.717, 1.165) is 50.2 Å². The van der Waals surface area contributed by atoms with E-state index in [1.54, 1.807) is 0 Å². The fraction of sp³-hybridized carbons (Fsp3) is 0.0204. The number of para-hydroxylation sites is 3. The zero-order valence-electron chi connectivity index (χ0n) is 29.3. The number of benzene rings is 8. The lowest BCUT2D eigenvalue weighted by molar-refractivity contribution is 0.674. The summed E-state index contributed by atoms with van der Waals surface area (Å²) in [7, 11) is 0. The number of nitrogens with one attached hydrogen (secondary N) is 1. The van der Waals surface area contributed by atoms with Gasteiger partial charge < -0.3 is 14.5 Å². The van der Waals surface area contributed by atoms with Gasteiger partial charge in [0.1, 0.15) is 12.0 Å². The van der Waals surface area contributed by atoms with Crippen molar-refractivity contribution in [3.8, 4) is 11.4 Å². The molecule has 0 radical (unpaired) electrons. The molecule has 0 bridgehead atoms. The number of rotatable bonds is 5. The average Bonchev–Trinajstić information content (AvgIpc) is 3.75. The molecule has 1 aliphatic rings. The average molecular weight is 692 g/mol. The van der Waals surface area contributed by atoms with Gasteiger partial charge in [0.2, 0.25) is 0 Å². The molecular weight excluding hydrogens is 659 g/mol. The highest BCUT2D eigenvalue weighted by Gasteiger charge is 2.23. The Morgan fingerprint density at radius 1 is 0.426 bits per heavy atom. The van der Waals surface area contributed by atoms with Crippen molar-refractivity contribution in [1.29, 1.82) is 0 Å². The van der Waals surface area contributed by atoms with Crippen LogP contribution >= 0.6 is 0 Å². The zero-order chi connectivity index (χ0) is 35.6. The number of hydrogen-bond acceptors (Lipinski definition) is 3. The van der Waals surface area contributed by atoms with Crippen molar-refractivity contribution in [2.45, 2.75) is 6.17 Å². The van der Waals surface area contributed by atoms with Gasteiger partial charge in [0, 0.05) is 43.7 Å². The number of aliphatic imine (C=N–C) groups is 2. The molecule has 1 unspecified atom stereocenters. The minimum absolute atomic E-state index is 0.275. The van der Waals surface area contributed by atoms with Crippen molar-refractivity contribution in [1.82, 2.24) is 14.5 Å². The predicted molar refractivity (Wildman–Crippen MR) is 224 cm³/mol. The van der Waals surface area contributed by atoms with Crippen molar-refractivity contribution >= 4 is 66.1 Å². The molecule has 2 aromatic heterocycles. The molecule has 3 heterocycles. The van der Waals surface area contributed by atoms with Gasteiger partial charge in [-0.25, -0.2) is 9.98 Å². The summed E-state index contributed by atoms with van der Waals surface area (Å²) in [6, 6.07) is 66.8. The highest BCUT2D eigenvalue weighted by atomic mass is 15.2. The Bertz CT molecular complexity index is 3120. The molecular formula is C49H33N5. The highest BCUT2D eigenvalue weighted by Crippen LogP contribution is 2.41. The van der Waals surface area contributed by atoms with Gasteiger partial charge in [-0.3, -0.25) is 0 Å². The van der Waals surface area contributed by atoms with E-state index < -0.39 is 0 Å². The lowest BCUT2D eigenvalue weighted by atomic mass is 10.0. The maximum absolute atomic E-state index is 5.24. The monoisotopic (exact) mass is 691 g/mol.